The van der Waals surface area contributed by atoms with Crippen LogP contribution in [0.1, 0.15) is 12.8 Å². The van der Waals surface area contributed by atoms with Crippen molar-refractivity contribution >= 4 is 33.8 Å². The lowest BCUT2D eigenvalue weighted by Gasteiger charge is -2.35. The molecule has 0 aliphatic carbocycles. The second kappa shape index (κ2) is 7.88. The van der Waals surface area contributed by atoms with Crippen molar-refractivity contribution in [2.75, 3.05) is 17.9 Å². The molecule has 0 fully saturated rings. The van der Waals surface area contributed by atoms with E-state index in [4.69, 9.17) is 4.74 Å². The van der Waals surface area contributed by atoms with Crippen LogP contribution in [0.15, 0.2) is 54.6 Å². The number of hydrogen-bond acceptors (Lipinski definition) is 4. The van der Waals surface area contributed by atoms with Crippen molar-refractivity contribution < 1.29 is 13.2 Å². The lowest BCUT2D eigenvalue weighted by molar-refractivity contribution is 0.254. The quantitative estimate of drug-likeness (QED) is 0.823. The Morgan fingerprint density at radius 3 is 2.46 bits per heavy atom. The van der Waals surface area contributed by atoms with Crippen LogP contribution in [0.25, 0.3) is 0 Å². The first-order valence-electron chi connectivity index (χ1n) is 7.64. The summed E-state index contributed by atoms with van der Waals surface area (Å²) in [7, 11) is -1.78. The number of fused-ring (bicyclic) bond motifs is 1. The van der Waals surface area contributed by atoms with Crippen LogP contribution in [-0.2, 0) is 10.0 Å². The largest absolute Gasteiger partial charge is 0.470 e. The van der Waals surface area contributed by atoms with E-state index in [0.29, 0.717) is 23.5 Å². The molecule has 0 amide bonds. The Morgan fingerprint density at radius 1 is 1.08 bits per heavy atom. The van der Waals surface area contributed by atoms with Gasteiger partial charge < -0.3 is 10.1 Å². The zero-order valence-electron chi connectivity index (χ0n) is 13.4. The van der Waals surface area contributed by atoms with Gasteiger partial charge in [0, 0.05) is 6.42 Å². The molecule has 2 aromatic carbocycles. The average Bonchev–Trinajstić information content (AvgIpc) is 2.56. The molecular formula is C17H21ClN2O3S. The number of halogens is 1. The molecule has 1 heterocycles. The van der Waals surface area contributed by atoms with Gasteiger partial charge in [-0.3, -0.25) is 0 Å². The van der Waals surface area contributed by atoms with E-state index < -0.39 is 15.5 Å². The number of rotatable bonds is 5. The molecule has 0 unspecified atom stereocenters. The van der Waals surface area contributed by atoms with Crippen molar-refractivity contribution in [1.82, 2.24) is 5.32 Å². The van der Waals surface area contributed by atoms with Crippen LogP contribution in [-0.4, -0.2) is 27.4 Å². The highest BCUT2D eigenvalue weighted by atomic mass is 35.5. The lowest BCUT2D eigenvalue weighted by Crippen LogP contribution is -2.43. The SMILES string of the molecule is CNCCC[C@H]1Oc2ccccc2N(c2ccccc2)S1(=O)=O.Cl. The molecule has 0 saturated carbocycles. The highest BCUT2D eigenvalue weighted by Crippen LogP contribution is 2.42. The molecular weight excluding hydrogens is 348 g/mol. The summed E-state index contributed by atoms with van der Waals surface area (Å²) >= 11 is 0. The average molecular weight is 369 g/mol. The van der Waals surface area contributed by atoms with Crippen molar-refractivity contribution in [3.05, 3.63) is 54.6 Å². The van der Waals surface area contributed by atoms with Gasteiger partial charge in [0.1, 0.15) is 5.75 Å². The molecule has 1 aliphatic heterocycles. The van der Waals surface area contributed by atoms with E-state index >= 15 is 0 Å². The minimum atomic E-state index is -3.63. The standard InChI is InChI=1S/C17H20N2O3S.ClH/c1-18-13-7-12-17-22-16-11-6-5-10-15(16)19(23(17,20)21)14-8-3-2-4-9-14;/h2-6,8-11,17-18H,7,12-13H2,1H3;1H/t17-;/m0./s1. The summed E-state index contributed by atoms with van der Waals surface area (Å²) in [4.78, 5) is 0. The lowest BCUT2D eigenvalue weighted by atomic mass is 10.2. The number of sulfonamides is 1. The molecule has 130 valence electrons. The topological polar surface area (TPSA) is 58.6 Å². The van der Waals surface area contributed by atoms with Crippen LogP contribution in [0.5, 0.6) is 5.75 Å². The molecule has 0 aromatic heterocycles. The maximum Gasteiger partial charge on any atom is 0.277 e. The number of ether oxygens (including phenoxy) is 1. The molecule has 0 bridgehead atoms. The van der Waals surface area contributed by atoms with Gasteiger partial charge in [0.2, 0.25) is 5.44 Å². The van der Waals surface area contributed by atoms with Crippen molar-refractivity contribution in [1.29, 1.82) is 0 Å². The predicted octanol–water partition coefficient (Wildman–Crippen LogP) is 3.29. The third-order valence-corrected chi connectivity index (χ3v) is 5.70. The maximum absolute atomic E-state index is 13.1. The number of nitrogens with one attached hydrogen (secondary N) is 1. The first kappa shape index (κ1) is 18.6. The fourth-order valence-corrected chi connectivity index (χ4v) is 4.45. The van der Waals surface area contributed by atoms with E-state index in [1.807, 2.05) is 43.4 Å². The number of benzene rings is 2. The van der Waals surface area contributed by atoms with Gasteiger partial charge in [0.15, 0.2) is 0 Å². The molecule has 7 heteroatoms. The Bertz CT molecular complexity index is 768. The summed E-state index contributed by atoms with van der Waals surface area (Å²) in [5.74, 6) is 0.598. The summed E-state index contributed by atoms with van der Waals surface area (Å²) in [6.07, 6.45) is 1.17. The summed E-state index contributed by atoms with van der Waals surface area (Å²) in [5.41, 5.74) is 0.316. The summed E-state index contributed by atoms with van der Waals surface area (Å²) in [6.45, 7) is 0.752. The Morgan fingerprint density at radius 2 is 1.75 bits per heavy atom. The van der Waals surface area contributed by atoms with E-state index in [9.17, 15) is 8.42 Å². The van der Waals surface area contributed by atoms with E-state index in [0.717, 1.165) is 13.0 Å². The van der Waals surface area contributed by atoms with Crippen LogP contribution in [0.2, 0.25) is 0 Å². The van der Waals surface area contributed by atoms with Crippen molar-refractivity contribution in [3.8, 4) is 5.75 Å². The Hall–Kier alpha value is -1.76. The Kier molecular flexibility index (Phi) is 6.10. The van der Waals surface area contributed by atoms with Gasteiger partial charge >= 0.3 is 0 Å². The molecule has 0 spiro atoms. The number of hydrogen-bond donors (Lipinski definition) is 1. The number of anilines is 2. The minimum absolute atomic E-state index is 0. The van der Waals surface area contributed by atoms with Gasteiger partial charge in [0.25, 0.3) is 10.0 Å². The van der Waals surface area contributed by atoms with Crippen molar-refractivity contribution in [2.45, 2.75) is 18.3 Å². The van der Waals surface area contributed by atoms with Gasteiger partial charge in [-0.15, -0.1) is 12.4 Å². The Labute approximate surface area is 149 Å². The summed E-state index contributed by atoms with van der Waals surface area (Å²) in [5, 5.41) is 3.03. The van der Waals surface area contributed by atoms with Crippen LogP contribution in [0.4, 0.5) is 11.4 Å². The third-order valence-electron chi connectivity index (χ3n) is 3.79. The third kappa shape index (κ3) is 3.50. The predicted molar refractivity (Wildman–Crippen MR) is 98.8 cm³/mol. The molecule has 1 atom stereocenters. The fraction of sp³-hybridized carbons (Fsp3) is 0.294. The zero-order chi connectivity index (χ0) is 16.3. The van der Waals surface area contributed by atoms with Gasteiger partial charge in [-0.2, -0.15) is 0 Å². The molecule has 24 heavy (non-hydrogen) atoms. The Balaban J connectivity index is 0.00000208. The van der Waals surface area contributed by atoms with Crippen molar-refractivity contribution in [2.24, 2.45) is 0 Å². The van der Waals surface area contributed by atoms with E-state index in [1.165, 1.54) is 4.31 Å². The second-order valence-electron chi connectivity index (χ2n) is 5.41. The van der Waals surface area contributed by atoms with E-state index in [1.54, 1.807) is 18.2 Å². The molecule has 0 radical (unpaired) electrons. The smallest absolute Gasteiger partial charge is 0.277 e. The molecule has 5 nitrogen and oxygen atoms in total. The van der Waals surface area contributed by atoms with E-state index in [-0.39, 0.29) is 12.4 Å². The molecule has 0 saturated heterocycles. The van der Waals surface area contributed by atoms with Gasteiger partial charge in [-0.05, 0) is 44.3 Å². The highest BCUT2D eigenvalue weighted by Gasteiger charge is 2.40. The van der Waals surface area contributed by atoms with Crippen LogP contribution < -0.4 is 14.4 Å². The van der Waals surface area contributed by atoms with E-state index in [2.05, 4.69) is 5.32 Å². The zero-order valence-corrected chi connectivity index (χ0v) is 15.0. The van der Waals surface area contributed by atoms with Crippen LogP contribution in [0, 0.1) is 0 Å². The van der Waals surface area contributed by atoms with Gasteiger partial charge in [0.05, 0.1) is 11.4 Å². The second-order valence-corrected chi connectivity index (χ2v) is 7.33. The maximum atomic E-state index is 13.1. The van der Waals surface area contributed by atoms with Crippen molar-refractivity contribution in [3.63, 3.8) is 0 Å². The number of nitrogens with zero attached hydrogens (tertiary/aromatic N) is 1. The number of para-hydroxylation sites is 3. The molecule has 3 rings (SSSR count). The first-order valence-corrected chi connectivity index (χ1v) is 9.14. The molecule has 2 aromatic rings. The van der Waals surface area contributed by atoms with Crippen LogP contribution in [0.3, 0.4) is 0 Å². The summed E-state index contributed by atoms with van der Waals surface area (Å²) < 4.78 is 33.3. The first-order chi connectivity index (χ1) is 11.1. The minimum Gasteiger partial charge on any atom is -0.470 e. The normalized spacial score (nSPS) is 18.2. The molecule has 1 N–H and O–H groups in total. The molecule has 1 aliphatic rings. The summed E-state index contributed by atoms with van der Waals surface area (Å²) in [6, 6.07) is 16.4. The monoisotopic (exact) mass is 368 g/mol. The fourth-order valence-electron chi connectivity index (χ4n) is 2.68. The van der Waals surface area contributed by atoms with Gasteiger partial charge in [-0.25, -0.2) is 12.7 Å². The van der Waals surface area contributed by atoms with Crippen LogP contribution >= 0.6 is 12.4 Å². The highest BCUT2D eigenvalue weighted by molar-refractivity contribution is 7.93. The van der Waals surface area contributed by atoms with Gasteiger partial charge in [-0.1, -0.05) is 30.3 Å².